The fourth-order valence-corrected chi connectivity index (χ4v) is 7.27. The molecular weight excluding hydrogens is 621 g/mol. The summed E-state index contributed by atoms with van der Waals surface area (Å²) >= 11 is 7.39. The van der Waals surface area contributed by atoms with Crippen LogP contribution in [0, 0.1) is 12.7 Å². The van der Waals surface area contributed by atoms with Crippen molar-refractivity contribution >= 4 is 29.3 Å². The molecule has 0 saturated carbocycles. The quantitative estimate of drug-likeness (QED) is 0.174. The van der Waals surface area contributed by atoms with Crippen molar-refractivity contribution in [2.75, 3.05) is 7.05 Å². The van der Waals surface area contributed by atoms with Crippen molar-refractivity contribution in [2.45, 2.75) is 88.6 Å². The Morgan fingerprint density at radius 1 is 0.935 bits per heavy atom. The van der Waals surface area contributed by atoms with E-state index in [2.05, 4.69) is 74.0 Å². The second kappa shape index (κ2) is 13.7. The first kappa shape index (κ1) is 33.8. The number of hydrogen-bond donors (Lipinski definition) is 0. The molecule has 7 nitrogen and oxygen atoms in total. The summed E-state index contributed by atoms with van der Waals surface area (Å²) in [5.74, 6) is 0.0439. The van der Waals surface area contributed by atoms with Crippen LogP contribution in [0.15, 0.2) is 82.7 Å². The van der Waals surface area contributed by atoms with Gasteiger partial charge in [0.2, 0.25) is 5.91 Å². The van der Waals surface area contributed by atoms with Crippen LogP contribution in [0.4, 0.5) is 4.39 Å². The first-order valence-corrected chi connectivity index (χ1v) is 16.8. The molecule has 3 aromatic carbocycles. The number of likely N-dealkylation sites (tertiary alicyclic amines) is 1. The van der Waals surface area contributed by atoms with E-state index in [1.54, 1.807) is 19.1 Å². The zero-order valence-electron chi connectivity index (χ0n) is 27.3. The lowest BCUT2D eigenvalue weighted by Gasteiger charge is -2.55. The molecule has 1 aliphatic heterocycles. The van der Waals surface area contributed by atoms with Crippen LogP contribution >= 0.6 is 23.4 Å². The van der Waals surface area contributed by atoms with Crippen molar-refractivity contribution in [3.8, 4) is 11.1 Å². The van der Waals surface area contributed by atoms with Gasteiger partial charge in [0.25, 0.3) is 5.56 Å². The van der Waals surface area contributed by atoms with Crippen LogP contribution in [0.3, 0.4) is 0 Å². The molecule has 0 N–H and O–H groups in total. The first-order valence-electron chi connectivity index (χ1n) is 15.4. The van der Waals surface area contributed by atoms with E-state index >= 15 is 0 Å². The normalized spacial score (nSPS) is 16.3. The van der Waals surface area contributed by atoms with Crippen LogP contribution in [0.5, 0.6) is 0 Å². The van der Waals surface area contributed by atoms with Gasteiger partial charge in [0, 0.05) is 34.4 Å². The molecule has 1 aliphatic rings. The molecule has 0 radical (unpaired) electrons. The Balaban J connectivity index is 1.44. The molecule has 242 valence electrons. The van der Waals surface area contributed by atoms with Crippen molar-refractivity contribution in [1.82, 2.24) is 24.6 Å². The molecular formula is C36H41ClFN5O2S. The fraction of sp³-hybridized carbons (Fsp3) is 0.389. The minimum absolute atomic E-state index is 0.0200. The van der Waals surface area contributed by atoms with Gasteiger partial charge in [0.05, 0.1) is 0 Å². The second-order valence-electron chi connectivity index (χ2n) is 13.3. The molecule has 0 bridgehead atoms. The van der Waals surface area contributed by atoms with Gasteiger partial charge in [-0.1, -0.05) is 71.9 Å². The van der Waals surface area contributed by atoms with Gasteiger partial charge < -0.3 is 4.90 Å². The average molecular weight is 662 g/mol. The minimum atomic E-state index is -0.429. The number of thioether (sulfide) groups is 1. The van der Waals surface area contributed by atoms with E-state index in [0.29, 0.717) is 22.5 Å². The fourth-order valence-electron chi connectivity index (χ4n) is 6.25. The number of benzene rings is 3. The number of halogens is 2. The number of hydrogen-bond acceptors (Lipinski definition) is 6. The maximum absolute atomic E-state index is 14.4. The Morgan fingerprint density at radius 2 is 1.48 bits per heavy atom. The molecule has 4 aromatic rings. The van der Waals surface area contributed by atoms with Gasteiger partial charge in [-0.25, -0.2) is 9.07 Å². The van der Waals surface area contributed by atoms with Gasteiger partial charge in [-0.3, -0.25) is 14.5 Å². The smallest absolute Gasteiger partial charge is 0.295 e. The highest BCUT2D eigenvalue weighted by Gasteiger charge is 2.45. The number of rotatable bonds is 9. The van der Waals surface area contributed by atoms with Crippen molar-refractivity contribution in [3.63, 3.8) is 0 Å². The average Bonchev–Trinajstić information content (AvgIpc) is 3.01. The minimum Gasteiger partial charge on any atom is -0.334 e. The van der Waals surface area contributed by atoms with Crippen LogP contribution in [-0.2, 0) is 23.6 Å². The molecule has 10 heteroatoms. The Hall–Kier alpha value is -3.53. The summed E-state index contributed by atoms with van der Waals surface area (Å²) in [7, 11) is 2.15. The highest BCUT2D eigenvalue weighted by atomic mass is 35.5. The van der Waals surface area contributed by atoms with E-state index in [9.17, 15) is 14.0 Å². The number of amides is 1. The van der Waals surface area contributed by atoms with Crippen molar-refractivity contribution in [1.29, 1.82) is 0 Å². The summed E-state index contributed by atoms with van der Waals surface area (Å²) in [4.78, 5) is 35.6. The van der Waals surface area contributed by atoms with Gasteiger partial charge in [-0.15, -0.1) is 0 Å². The van der Waals surface area contributed by atoms with Gasteiger partial charge in [0.1, 0.15) is 18.1 Å². The number of aromatic nitrogens is 3. The highest BCUT2D eigenvalue weighted by Crippen LogP contribution is 2.39. The van der Waals surface area contributed by atoms with E-state index in [1.807, 2.05) is 29.2 Å². The van der Waals surface area contributed by atoms with Crippen LogP contribution in [-0.4, -0.2) is 54.6 Å². The number of nitrogens with zero attached hydrogens (tertiary/aromatic N) is 5. The number of piperidine rings is 1. The summed E-state index contributed by atoms with van der Waals surface area (Å²) in [6, 6.07) is 22.2. The van der Waals surface area contributed by atoms with Crippen molar-refractivity contribution in [2.24, 2.45) is 0 Å². The summed E-state index contributed by atoms with van der Waals surface area (Å²) in [6.45, 7) is 10.9. The van der Waals surface area contributed by atoms with Crippen LogP contribution in [0.2, 0.25) is 5.02 Å². The van der Waals surface area contributed by atoms with Crippen LogP contribution in [0.25, 0.3) is 11.1 Å². The zero-order chi connectivity index (χ0) is 33.2. The number of aryl methyl sites for hydroxylation is 1. The largest absolute Gasteiger partial charge is 0.334 e. The first-order chi connectivity index (χ1) is 21.7. The second-order valence-corrected chi connectivity index (χ2v) is 14.7. The summed E-state index contributed by atoms with van der Waals surface area (Å²) in [6.07, 6.45) is 1.62. The molecule has 1 aromatic heterocycles. The van der Waals surface area contributed by atoms with Gasteiger partial charge in [-0.2, -0.15) is 10.1 Å². The number of carbonyl (C=O) groups excluding carboxylic acids is 1. The predicted octanol–water partition coefficient (Wildman–Crippen LogP) is 7.38. The third kappa shape index (κ3) is 7.88. The molecule has 0 unspecified atom stereocenters. The molecule has 1 saturated heterocycles. The third-order valence-corrected chi connectivity index (χ3v) is 10.4. The van der Waals surface area contributed by atoms with E-state index in [0.717, 1.165) is 35.1 Å². The van der Waals surface area contributed by atoms with Crippen LogP contribution in [0.1, 0.15) is 57.4 Å². The summed E-state index contributed by atoms with van der Waals surface area (Å²) in [5, 5.41) is 5.53. The Bertz CT molecular complexity index is 1720. The maximum atomic E-state index is 14.4. The molecule has 2 heterocycles. The van der Waals surface area contributed by atoms with Crippen molar-refractivity contribution in [3.05, 3.63) is 111 Å². The molecule has 5 rings (SSSR count). The predicted molar refractivity (Wildman–Crippen MR) is 183 cm³/mol. The lowest BCUT2D eigenvalue weighted by molar-refractivity contribution is -0.140. The van der Waals surface area contributed by atoms with Crippen LogP contribution < -0.4 is 5.56 Å². The molecule has 1 fully saturated rings. The molecule has 46 heavy (non-hydrogen) atoms. The Morgan fingerprint density at radius 3 is 2.07 bits per heavy atom. The molecule has 0 spiro atoms. The maximum Gasteiger partial charge on any atom is 0.295 e. The van der Waals surface area contributed by atoms with E-state index in [-0.39, 0.29) is 41.1 Å². The summed E-state index contributed by atoms with van der Waals surface area (Å²) in [5.41, 5.74) is 3.57. The highest BCUT2D eigenvalue weighted by molar-refractivity contribution is 7.98. The molecule has 0 aliphatic carbocycles. The topological polar surface area (TPSA) is 71.3 Å². The van der Waals surface area contributed by atoms with Gasteiger partial charge in [-0.05, 0) is 101 Å². The van der Waals surface area contributed by atoms with E-state index < -0.39 is 5.56 Å². The summed E-state index contributed by atoms with van der Waals surface area (Å²) < 4.78 is 15.0. The SMILES string of the molecule is Cc1nn(CC(=O)N(Cc2ccc(-c3ccc(Cl)cc3)cc2)C2CC(C)(C)N(C)C(C)(C)C2)c(SCc2ccc(F)cc2)nc1=O. The third-order valence-electron chi connectivity index (χ3n) is 9.10. The van der Waals surface area contributed by atoms with E-state index in [1.165, 1.54) is 28.6 Å². The molecule has 1 amide bonds. The zero-order valence-corrected chi connectivity index (χ0v) is 28.8. The van der Waals surface area contributed by atoms with E-state index in [4.69, 9.17) is 11.6 Å². The Labute approximate surface area is 279 Å². The molecule has 0 atom stereocenters. The monoisotopic (exact) mass is 661 g/mol. The lowest BCUT2D eigenvalue weighted by Crippen LogP contribution is -2.63. The van der Waals surface area contributed by atoms with Gasteiger partial charge in [0.15, 0.2) is 5.16 Å². The number of carbonyl (C=O) groups is 1. The van der Waals surface area contributed by atoms with Crippen molar-refractivity contribution < 1.29 is 9.18 Å². The standard InChI is InChI=1S/C36H41ClFN5O2S/c1-24-33(45)39-34(46-23-26-9-17-30(38)18-10-26)43(40-24)22-32(44)42(31-19-35(2,3)41(6)36(4,5)20-31)21-25-7-11-27(12-8-25)28-13-15-29(37)16-14-28/h7-18,31H,19-23H2,1-6H3. The Kier molecular flexibility index (Phi) is 10.1. The lowest BCUT2D eigenvalue weighted by atomic mass is 9.77. The van der Waals surface area contributed by atoms with Gasteiger partial charge >= 0.3 is 0 Å².